The minimum Gasteiger partial charge on any atom is -0.308 e. The molecule has 3 rings (SSSR count). The van der Waals surface area contributed by atoms with Crippen molar-refractivity contribution in [2.45, 2.75) is 25.7 Å². The second-order valence-corrected chi connectivity index (χ2v) is 7.08. The number of rotatable bonds is 4. The largest absolute Gasteiger partial charge is 0.329 e. The maximum atomic E-state index is 12.1. The zero-order chi connectivity index (χ0) is 19.1. The fourth-order valence-corrected chi connectivity index (χ4v) is 4.07. The molecule has 136 valence electrons. The number of nitrogens with one attached hydrogen (secondary N) is 2. The first-order valence-electron chi connectivity index (χ1n) is 8.60. The Hall–Kier alpha value is -3.24. The summed E-state index contributed by atoms with van der Waals surface area (Å²) in [5.74, 6) is -1.72. The number of anilines is 1. The van der Waals surface area contributed by atoms with Crippen LogP contribution in [0.1, 0.15) is 34.4 Å². The van der Waals surface area contributed by atoms with Gasteiger partial charge < -0.3 is 5.32 Å². The molecule has 0 saturated heterocycles. The molecule has 2 N–H and O–H groups in total. The molecule has 6 nitrogen and oxygen atoms in total. The van der Waals surface area contributed by atoms with Crippen molar-refractivity contribution >= 4 is 40.4 Å². The third kappa shape index (κ3) is 4.68. The number of amides is 2. The summed E-state index contributed by atoms with van der Waals surface area (Å²) >= 11 is 1.38. The molecule has 1 aromatic heterocycles. The van der Waals surface area contributed by atoms with Crippen LogP contribution in [0.3, 0.4) is 0 Å². The standard InChI is InChI=1S/C20H18N4O2S/c21-13-16-15-10-4-5-11-17(15)27-20(16)23-18(25)19(26)24-22-12-6-9-14-7-2-1-3-8-14/h1-3,6-9,12H,4-5,10-11H2,(H,23,25)(H,24,26). The smallest absolute Gasteiger partial charge is 0.308 e. The van der Waals surface area contributed by atoms with E-state index in [9.17, 15) is 14.9 Å². The molecule has 0 atom stereocenters. The first-order valence-corrected chi connectivity index (χ1v) is 9.41. The summed E-state index contributed by atoms with van der Waals surface area (Å²) in [5.41, 5.74) is 4.66. The van der Waals surface area contributed by atoms with Gasteiger partial charge in [-0.3, -0.25) is 9.59 Å². The van der Waals surface area contributed by atoms with Crippen molar-refractivity contribution in [1.82, 2.24) is 5.43 Å². The van der Waals surface area contributed by atoms with Crippen molar-refractivity contribution in [1.29, 1.82) is 5.26 Å². The highest BCUT2D eigenvalue weighted by molar-refractivity contribution is 7.16. The van der Waals surface area contributed by atoms with Crippen molar-refractivity contribution in [3.8, 4) is 6.07 Å². The van der Waals surface area contributed by atoms with Crippen molar-refractivity contribution in [2.24, 2.45) is 5.10 Å². The van der Waals surface area contributed by atoms with E-state index in [1.54, 1.807) is 6.08 Å². The van der Waals surface area contributed by atoms with E-state index in [1.165, 1.54) is 17.6 Å². The van der Waals surface area contributed by atoms with E-state index in [0.29, 0.717) is 10.6 Å². The van der Waals surface area contributed by atoms with Gasteiger partial charge in [0.1, 0.15) is 11.1 Å². The summed E-state index contributed by atoms with van der Waals surface area (Å²) in [7, 11) is 0. The number of hydrazone groups is 1. The van der Waals surface area contributed by atoms with Crippen LogP contribution in [-0.4, -0.2) is 18.0 Å². The van der Waals surface area contributed by atoms with Crippen LogP contribution in [0.15, 0.2) is 41.5 Å². The van der Waals surface area contributed by atoms with E-state index in [0.717, 1.165) is 41.7 Å². The molecule has 0 spiro atoms. The van der Waals surface area contributed by atoms with E-state index in [4.69, 9.17) is 0 Å². The van der Waals surface area contributed by atoms with E-state index >= 15 is 0 Å². The van der Waals surface area contributed by atoms with Crippen LogP contribution in [0, 0.1) is 11.3 Å². The molecule has 2 amide bonds. The zero-order valence-electron chi connectivity index (χ0n) is 14.6. The predicted octanol–water partition coefficient (Wildman–Crippen LogP) is 3.25. The van der Waals surface area contributed by atoms with Gasteiger partial charge in [0.05, 0.1) is 5.56 Å². The number of aryl methyl sites for hydroxylation is 1. The molecule has 27 heavy (non-hydrogen) atoms. The van der Waals surface area contributed by atoms with E-state index in [1.807, 2.05) is 36.4 Å². The molecule has 2 aromatic rings. The van der Waals surface area contributed by atoms with Gasteiger partial charge in [0.15, 0.2) is 0 Å². The minimum atomic E-state index is -0.880. The lowest BCUT2D eigenvalue weighted by Gasteiger charge is -2.09. The van der Waals surface area contributed by atoms with Crippen LogP contribution in [0.2, 0.25) is 0 Å². The molecule has 1 heterocycles. The molecule has 1 aliphatic carbocycles. The van der Waals surface area contributed by atoms with Crippen molar-refractivity contribution in [3.63, 3.8) is 0 Å². The summed E-state index contributed by atoms with van der Waals surface area (Å²) < 4.78 is 0. The Kier molecular flexibility index (Phi) is 6.13. The molecule has 1 aliphatic rings. The highest BCUT2D eigenvalue weighted by Crippen LogP contribution is 2.37. The molecular formula is C20H18N4O2S. The topological polar surface area (TPSA) is 94.4 Å². The molecule has 1 aromatic carbocycles. The first kappa shape index (κ1) is 18.5. The number of nitriles is 1. The lowest BCUT2D eigenvalue weighted by molar-refractivity contribution is -0.136. The van der Waals surface area contributed by atoms with Gasteiger partial charge >= 0.3 is 11.8 Å². The van der Waals surface area contributed by atoms with Crippen LogP contribution < -0.4 is 10.7 Å². The van der Waals surface area contributed by atoms with Gasteiger partial charge in [-0.2, -0.15) is 10.4 Å². The summed E-state index contributed by atoms with van der Waals surface area (Å²) in [6, 6.07) is 11.8. The van der Waals surface area contributed by atoms with Crippen molar-refractivity contribution in [3.05, 3.63) is 58.0 Å². The van der Waals surface area contributed by atoms with E-state index in [-0.39, 0.29) is 0 Å². The van der Waals surface area contributed by atoms with Gasteiger partial charge in [-0.25, -0.2) is 5.43 Å². The number of hydrogen-bond donors (Lipinski definition) is 2. The SMILES string of the molecule is N#Cc1c(NC(=O)C(=O)NN=CC=Cc2ccccc2)sc2c1CCCC2. The number of benzene rings is 1. The Bertz CT molecular complexity index is 939. The highest BCUT2D eigenvalue weighted by Gasteiger charge is 2.23. The molecule has 0 fully saturated rings. The fourth-order valence-electron chi connectivity index (χ4n) is 2.84. The molecule has 0 radical (unpaired) electrons. The lowest BCUT2D eigenvalue weighted by Crippen LogP contribution is -2.32. The molecular weight excluding hydrogens is 360 g/mol. The Balaban J connectivity index is 1.56. The second-order valence-electron chi connectivity index (χ2n) is 5.97. The van der Waals surface area contributed by atoms with Crippen LogP contribution in [0.5, 0.6) is 0 Å². The summed E-state index contributed by atoms with van der Waals surface area (Å²) in [5, 5.41) is 16.1. The van der Waals surface area contributed by atoms with Gasteiger partial charge in [0, 0.05) is 11.1 Å². The van der Waals surface area contributed by atoms with Gasteiger partial charge in [-0.05, 0) is 42.9 Å². The minimum absolute atomic E-state index is 0.442. The van der Waals surface area contributed by atoms with Crippen LogP contribution >= 0.6 is 11.3 Å². The van der Waals surface area contributed by atoms with Crippen LogP contribution in [0.4, 0.5) is 5.00 Å². The molecule has 7 heteroatoms. The van der Waals surface area contributed by atoms with Gasteiger partial charge in [-0.15, -0.1) is 11.3 Å². The Morgan fingerprint density at radius 1 is 1.15 bits per heavy atom. The molecule has 0 aliphatic heterocycles. The molecule has 0 unspecified atom stereocenters. The third-order valence-electron chi connectivity index (χ3n) is 4.13. The summed E-state index contributed by atoms with van der Waals surface area (Å²) in [6.45, 7) is 0. The number of fused-ring (bicyclic) bond motifs is 1. The lowest BCUT2D eigenvalue weighted by atomic mass is 9.96. The Morgan fingerprint density at radius 2 is 1.93 bits per heavy atom. The van der Waals surface area contributed by atoms with Crippen LogP contribution in [0.25, 0.3) is 6.08 Å². The third-order valence-corrected chi connectivity index (χ3v) is 5.34. The number of nitrogens with zero attached hydrogens (tertiary/aromatic N) is 2. The predicted molar refractivity (Wildman–Crippen MR) is 106 cm³/mol. The van der Waals surface area contributed by atoms with E-state index in [2.05, 4.69) is 21.9 Å². The normalized spacial score (nSPS) is 13.3. The number of hydrogen-bond acceptors (Lipinski definition) is 5. The second kappa shape index (κ2) is 8.92. The quantitative estimate of drug-likeness (QED) is 0.486. The van der Waals surface area contributed by atoms with E-state index < -0.39 is 11.8 Å². The van der Waals surface area contributed by atoms with Gasteiger partial charge in [0.2, 0.25) is 0 Å². The average Bonchev–Trinajstić information content (AvgIpc) is 3.05. The van der Waals surface area contributed by atoms with Crippen molar-refractivity contribution < 1.29 is 9.59 Å². The summed E-state index contributed by atoms with van der Waals surface area (Å²) in [6.07, 6.45) is 8.75. The molecule has 0 saturated carbocycles. The maximum absolute atomic E-state index is 12.1. The van der Waals surface area contributed by atoms with Gasteiger partial charge in [0.25, 0.3) is 0 Å². The Labute approximate surface area is 161 Å². The number of carbonyl (C=O) groups excluding carboxylic acids is 2. The first-order chi connectivity index (χ1) is 13.2. The number of allylic oxidation sites excluding steroid dienone is 1. The maximum Gasteiger partial charge on any atom is 0.329 e. The number of carbonyl (C=O) groups is 2. The summed E-state index contributed by atoms with van der Waals surface area (Å²) in [4.78, 5) is 25.1. The van der Waals surface area contributed by atoms with Gasteiger partial charge in [-0.1, -0.05) is 36.4 Å². The highest BCUT2D eigenvalue weighted by atomic mass is 32.1. The fraction of sp³-hybridized carbons (Fsp3) is 0.200. The monoisotopic (exact) mass is 378 g/mol. The average molecular weight is 378 g/mol. The molecule has 0 bridgehead atoms. The van der Waals surface area contributed by atoms with Crippen LogP contribution in [-0.2, 0) is 22.4 Å². The zero-order valence-corrected chi connectivity index (χ0v) is 15.4. The Morgan fingerprint density at radius 3 is 2.70 bits per heavy atom. The van der Waals surface area contributed by atoms with Crippen molar-refractivity contribution in [2.75, 3.05) is 5.32 Å². The number of thiophene rings is 1.